The molecule has 1 aliphatic carbocycles. The molecule has 2 atom stereocenters. The van der Waals surface area contributed by atoms with Gasteiger partial charge in [-0.3, -0.25) is 9.69 Å². The molecule has 2 fully saturated rings. The Morgan fingerprint density at radius 3 is 2.83 bits per heavy atom. The van der Waals surface area contributed by atoms with E-state index < -0.39 is 0 Å². The predicted molar refractivity (Wildman–Crippen MR) is 42.4 cm³/mol. The van der Waals surface area contributed by atoms with Gasteiger partial charge in [0.05, 0.1) is 0 Å². The molecule has 4 heteroatoms. The molecule has 1 saturated heterocycles. The second-order valence-corrected chi connectivity index (χ2v) is 3.43. The zero-order chi connectivity index (χ0) is 8.72. The number of piperidine rings is 1. The summed E-state index contributed by atoms with van der Waals surface area (Å²) >= 11 is 0. The summed E-state index contributed by atoms with van der Waals surface area (Å²) < 4.78 is 0. The smallest absolute Gasteiger partial charge is 0.324 e. The molecule has 2 unspecified atom stereocenters. The van der Waals surface area contributed by atoms with Gasteiger partial charge < -0.3 is 5.32 Å². The van der Waals surface area contributed by atoms with Crippen molar-refractivity contribution < 1.29 is 9.59 Å². The number of nitrogens with one attached hydrogen (secondary N) is 1. The lowest BCUT2D eigenvalue weighted by Crippen LogP contribution is -2.46. The molecule has 2 aliphatic rings. The van der Waals surface area contributed by atoms with E-state index in [0.717, 1.165) is 19.3 Å². The van der Waals surface area contributed by atoms with Crippen LogP contribution < -0.4 is 5.32 Å². The first kappa shape index (κ1) is 7.58. The highest BCUT2D eigenvalue weighted by atomic mass is 16.2. The molecule has 2 rings (SSSR count). The Morgan fingerprint density at radius 1 is 1.58 bits per heavy atom. The van der Waals surface area contributed by atoms with Crippen molar-refractivity contribution in [1.29, 1.82) is 0 Å². The molecular formula is C8H12N2O2. The number of hydrogen-bond acceptors (Lipinski definition) is 2. The standard InChI is InChI=1S/C8H12N2O2/c1-9-8(12)10-6-3-2-5(4-6)7(10)11/h5-6H,2-4H2,1H3,(H,9,12). The molecule has 0 aromatic carbocycles. The molecule has 0 radical (unpaired) electrons. The van der Waals surface area contributed by atoms with Crippen LogP contribution in [0.1, 0.15) is 19.3 Å². The van der Waals surface area contributed by atoms with E-state index >= 15 is 0 Å². The molecule has 12 heavy (non-hydrogen) atoms. The highest BCUT2D eigenvalue weighted by Crippen LogP contribution is 2.38. The summed E-state index contributed by atoms with van der Waals surface area (Å²) in [6.45, 7) is 0. The molecule has 3 amide bonds. The van der Waals surface area contributed by atoms with E-state index in [0.29, 0.717) is 0 Å². The van der Waals surface area contributed by atoms with E-state index in [1.807, 2.05) is 0 Å². The van der Waals surface area contributed by atoms with Gasteiger partial charge in [-0.2, -0.15) is 0 Å². The summed E-state index contributed by atoms with van der Waals surface area (Å²) in [7, 11) is 1.56. The van der Waals surface area contributed by atoms with Crippen LogP contribution in [0.5, 0.6) is 0 Å². The highest BCUT2D eigenvalue weighted by Gasteiger charge is 2.47. The molecule has 4 nitrogen and oxygen atoms in total. The fourth-order valence-electron chi connectivity index (χ4n) is 2.18. The molecule has 0 aromatic rings. The topological polar surface area (TPSA) is 49.4 Å². The van der Waals surface area contributed by atoms with Crippen molar-refractivity contribution in [3.8, 4) is 0 Å². The quantitative estimate of drug-likeness (QED) is 0.567. The van der Waals surface area contributed by atoms with Crippen LogP contribution in [0.15, 0.2) is 0 Å². The van der Waals surface area contributed by atoms with E-state index in [4.69, 9.17) is 0 Å². The summed E-state index contributed by atoms with van der Waals surface area (Å²) in [6.07, 6.45) is 2.84. The maximum absolute atomic E-state index is 11.4. The summed E-state index contributed by atoms with van der Waals surface area (Å²) in [6, 6.07) is -0.0605. The van der Waals surface area contributed by atoms with Crippen LogP contribution in [0.2, 0.25) is 0 Å². The van der Waals surface area contributed by atoms with Crippen LogP contribution in [-0.2, 0) is 4.79 Å². The predicted octanol–water partition coefficient (Wildman–Crippen LogP) is 0.337. The van der Waals surface area contributed by atoms with Gasteiger partial charge in [0.15, 0.2) is 0 Å². The van der Waals surface area contributed by atoms with Gasteiger partial charge >= 0.3 is 6.03 Å². The van der Waals surface area contributed by atoms with Gasteiger partial charge in [0.1, 0.15) is 0 Å². The van der Waals surface area contributed by atoms with Crippen molar-refractivity contribution in [2.24, 2.45) is 5.92 Å². The Morgan fingerprint density at radius 2 is 2.33 bits per heavy atom. The van der Waals surface area contributed by atoms with Gasteiger partial charge in [-0.25, -0.2) is 4.79 Å². The van der Waals surface area contributed by atoms with E-state index in [-0.39, 0.29) is 23.9 Å². The number of rotatable bonds is 0. The van der Waals surface area contributed by atoms with Gasteiger partial charge in [-0.1, -0.05) is 0 Å². The highest BCUT2D eigenvalue weighted by molar-refractivity contribution is 5.98. The van der Waals surface area contributed by atoms with Crippen LogP contribution in [0, 0.1) is 5.92 Å². The minimum Gasteiger partial charge on any atom is -0.341 e. The van der Waals surface area contributed by atoms with Gasteiger partial charge in [-0.05, 0) is 19.3 Å². The lowest BCUT2D eigenvalue weighted by molar-refractivity contribution is -0.130. The van der Waals surface area contributed by atoms with E-state index in [9.17, 15) is 9.59 Å². The normalized spacial score (nSPS) is 32.8. The molecular weight excluding hydrogens is 156 g/mol. The third kappa shape index (κ3) is 0.838. The molecule has 2 bridgehead atoms. The van der Waals surface area contributed by atoms with Gasteiger partial charge in [0.2, 0.25) is 5.91 Å². The SMILES string of the molecule is CNC(=O)N1C(=O)C2CCC1C2. The van der Waals surface area contributed by atoms with E-state index in [2.05, 4.69) is 5.32 Å². The average molecular weight is 168 g/mol. The molecule has 1 heterocycles. The fraction of sp³-hybridized carbons (Fsp3) is 0.750. The largest absolute Gasteiger partial charge is 0.341 e. The summed E-state index contributed by atoms with van der Waals surface area (Å²) in [5.74, 6) is 0.151. The first-order chi connectivity index (χ1) is 5.74. The van der Waals surface area contributed by atoms with Gasteiger partial charge in [0, 0.05) is 19.0 Å². The third-order valence-electron chi connectivity index (χ3n) is 2.79. The first-order valence-corrected chi connectivity index (χ1v) is 4.29. The maximum atomic E-state index is 11.4. The van der Waals surface area contributed by atoms with Crippen molar-refractivity contribution in [2.45, 2.75) is 25.3 Å². The maximum Gasteiger partial charge on any atom is 0.324 e. The number of amides is 3. The molecule has 0 aromatic heterocycles. The lowest BCUT2D eigenvalue weighted by atomic mass is 10.1. The van der Waals surface area contributed by atoms with Crippen LogP contribution in [0.4, 0.5) is 4.79 Å². The number of imide groups is 1. The Hall–Kier alpha value is -1.06. The number of nitrogens with zero attached hydrogens (tertiary/aromatic N) is 1. The summed E-state index contributed by atoms with van der Waals surface area (Å²) in [5.41, 5.74) is 0. The monoisotopic (exact) mass is 168 g/mol. The Labute approximate surface area is 70.9 Å². The number of carbonyl (C=O) groups is 2. The minimum atomic E-state index is -0.243. The lowest BCUT2D eigenvalue weighted by Gasteiger charge is -2.24. The molecule has 1 N–H and O–H groups in total. The van der Waals surface area contributed by atoms with Crippen molar-refractivity contribution in [3.63, 3.8) is 0 Å². The minimum absolute atomic E-state index is 0.0191. The molecule has 66 valence electrons. The Kier molecular flexibility index (Phi) is 1.56. The second kappa shape index (κ2) is 2.47. The van der Waals surface area contributed by atoms with Gasteiger partial charge in [-0.15, -0.1) is 0 Å². The van der Waals surface area contributed by atoms with Gasteiger partial charge in [0.25, 0.3) is 0 Å². The summed E-state index contributed by atoms with van der Waals surface area (Å²) in [4.78, 5) is 24.0. The zero-order valence-electron chi connectivity index (χ0n) is 7.04. The second-order valence-electron chi connectivity index (χ2n) is 3.43. The number of hydrogen-bond donors (Lipinski definition) is 1. The number of carbonyl (C=O) groups excluding carboxylic acids is 2. The number of fused-ring (bicyclic) bond motifs is 2. The number of urea groups is 1. The zero-order valence-corrected chi connectivity index (χ0v) is 7.04. The third-order valence-corrected chi connectivity index (χ3v) is 2.79. The van der Waals surface area contributed by atoms with E-state index in [1.54, 1.807) is 7.05 Å². The van der Waals surface area contributed by atoms with Crippen molar-refractivity contribution in [3.05, 3.63) is 0 Å². The molecule has 0 spiro atoms. The van der Waals surface area contributed by atoms with Crippen LogP contribution >= 0.6 is 0 Å². The van der Waals surface area contributed by atoms with Crippen LogP contribution in [-0.4, -0.2) is 29.9 Å². The van der Waals surface area contributed by atoms with Crippen LogP contribution in [0.25, 0.3) is 0 Å². The van der Waals surface area contributed by atoms with E-state index in [1.165, 1.54) is 4.90 Å². The fourth-order valence-corrected chi connectivity index (χ4v) is 2.18. The number of likely N-dealkylation sites (tertiary alicyclic amines) is 1. The average Bonchev–Trinajstić information content (AvgIpc) is 2.63. The first-order valence-electron chi connectivity index (χ1n) is 4.29. The Bertz CT molecular complexity index is 239. The van der Waals surface area contributed by atoms with Crippen molar-refractivity contribution in [2.75, 3.05) is 7.05 Å². The summed E-state index contributed by atoms with van der Waals surface area (Å²) in [5, 5.41) is 2.49. The Balaban J connectivity index is 2.17. The molecule has 1 saturated carbocycles. The van der Waals surface area contributed by atoms with Crippen LogP contribution in [0.3, 0.4) is 0 Å². The van der Waals surface area contributed by atoms with Crippen molar-refractivity contribution >= 4 is 11.9 Å². The molecule has 1 aliphatic heterocycles. The van der Waals surface area contributed by atoms with Crippen molar-refractivity contribution in [1.82, 2.24) is 10.2 Å².